The molecule has 5 nitrogen and oxygen atoms in total. The molecule has 0 saturated carbocycles. The molecular formula is C19H23FN2O3S. The number of aryl methyl sites for hydroxylation is 1. The van der Waals surface area contributed by atoms with E-state index in [4.69, 9.17) is 0 Å². The number of nitrogens with zero attached hydrogens (tertiary/aromatic N) is 1. The maximum Gasteiger partial charge on any atom is 0.232 e. The highest BCUT2D eigenvalue weighted by Gasteiger charge is 2.17. The molecule has 0 saturated heterocycles. The average Bonchev–Trinajstić information content (AvgIpc) is 2.59. The van der Waals surface area contributed by atoms with Gasteiger partial charge in [-0.05, 0) is 48.7 Å². The molecule has 0 heterocycles. The van der Waals surface area contributed by atoms with E-state index in [-0.39, 0.29) is 18.9 Å². The molecule has 7 heteroatoms. The van der Waals surface area contributed by atoms with Crippen LogP contribution in [-0.4, -0.2) is 27.1 Å². The number of amides is 1. The van der Waals surface area contributed by atoms with Crippen molar-refractivity contribution in [3.63, 3.8) is 0 Å². The van der Waals surface area contributed by atoms with Crippen molar-refractivity contribution in [2.75, 3.05) is 22.4 Å². The summed E-state index contributed by atoms with van der Waals surface area (Å²) in [6.45, 7) is 2.16. The van der Waals surface area contributed by atoms with Crippen LogP contribution in [0, 0.1) is 5.82 Å². The van der Waals surface area contributed by atoms with Crippen LogP contribution in [0.1, 0.15) is 25.3 Å². The molecule has 0 radical (unpaired) electrons. The van der Waals surface area contributed by atoms with E-state index < -0.39 is 15.8 Å². The number of sulfonamides is 1. The Morgan fingerprint density at radius 2 is 1.77 bits per heavy atom. The minimum absolute atomic E-state index is 0.146. The minimum Gasteiger partial charge on any atom is -0.326 e. The molecule has 0 aliphatic rings. The number of hydrogen-bond acceptors (Lipinski definition) is 3. The van der Waals surface area contributed by atoms with Gasteiger partial charge in [-0.1, -0.05) is 25.1 Å². The lowest BCUT2D eigenvalue weighted by atomic mass is 10.1. The fourth-order valence-electron chi connectivity index (χ4n) is 2.64. The van der Waals surface area contributed by atoms with Crippen molar-refractivity contribution in [1.82, 2.24) is 0 Å². The normalized spacial score (nSPS) is 11.2. The summed E-state index contributed by atoms with van der Waals surface area (Å²) in [5, 5.41) is 2.86. The fourth-order valence-corrected chi connectivity index (χ4v) is 3.61. The number of benzene rings is 2. The number of para-hydroxylation sites is 1. The molecule has 0 atom stereocenters. The Balaban J connectivity index is 1.97. The van der Waals surface area contributed by atoms with Crippen LogP contribution in [0.3, 0.4) is 0 Å². The second-order valence-corrected chi connectivity index (χ2v) is 7.88. The van der Waals surface area contributed by atoms with Crippen molar-refractivity contribution in [3.05, 3.63) is 59.9 Å². The van der Waals surface area contributed by atoms with Gasteiger partial charge in [0.1, 0.15) is 5.82 Å². The summed E-state index contributed by atoms with van der Waals surface area (Å²) in [5.41, 5.74) is 2.20. The quantitative estimate of drug-likeness (QED) is 0.764. The maximum atomic E-state index is 13.1. The number of rotatable bonds is 8. The molecule has 1 amide bonds. The first kappa shape index (κ1) is 19.9. The number of hydrogen-bond donors (Lipinski definition) is 1. The molecule has 2 rings (SSSR count). The Kier molecular flexibility index (Phi) is 6.74. The lowest BCUT2D eigenvalue weighted by Crippen LogP contribution is -2.31. The van der Waals surface area contributed by atoms with Crippen molar-refractivity contribution < 1.29 is 17.6 Å². The Bertz CT molecular complexity index is 851. The van der Waals surface area contributed by atoms with Gasteiger partial charge in [-0.15, -0.1) is 0 Å². The predicted molar refractivity (Wildman–Crippen MR) is 102 cm³/mol. The van der Waals surface area contributed by atoms with Crippen LogP contribution in [-0.2, 0) is 21.2 Å². The summed E-state index contributed by atoms with van der Waals surface area (Å²) in [5.74, 6) is -0.602. The zero-order valence-corrected chi connectivity index (χ0v) is 15.7. The lowest BCUT2D eigenvalue weighted by Gasteiger charge is -2.22. The van der Waals surface area contributed by atoms with Crippen LogP contribution in [0.4, 0.5) is 15.8 Å². The van der Waals surface area contributed by atoms with E-state index in [1.807, 2.05) is 31.2 Å². The molecule has 0 unspecified atom stereocenters. The molecule has 0 aliphatic heterocycles. The van der Waals surface area contributed by atoms with Crippen LogP contribution in [0.25, 0.3) is 0 Å². The second-order valence-electron chi connectivity index (χ2n) is 5.97. The molecule has 0 aliphatic carbocycles. The van der Waals surface area contributed by atoms with E-state index >= 15 is 0 Å². The largest absolute Gasteiger partial charge is 0.326 e. The predicted octanol–water partition coefficient (Wildman–Crippen LogP) is 3.57. The minimum atomic E-state index is -3.52. The van der Waals surface area contributed by atoms with Gasteiger partial charge in [0.05, 0.1) is 11.9 Å². The third-order valence-electron chi connectivity index (χ3n) is 3.95. The van der Waals surface area contributed by atoms with Gasteiger partial charge in [0.25, 0.3) is 0 Å². The fraction of sp³-hybridized carbons (Fsp3) is 0.316. The summed E-state index contributed by atoms with van der Waals surface area (Å²) < 4.78 is 38.2. The highest BCUT2D eigenvalue weighted by atomic mass is 32.2. The molecule has 0 spiro atoms. The smallest absolute Gasteiger partial charge is 0.232 e. The monoisotopic (exact) mass is 378 g/mol. The highest BCUT2D eigenvalue weighted by molar-refractivity contribution is 7.92. The molecule has 1 N–H and O–H groups in total. The summed E-state index contributed by atoms with van der Waals surface area (Å²) >= 11 is 0. The summed E-state index contributed by atoms with van der Waals surface area (Å²) in [7, 11) is -3.52. The van der Waals surface area contributed by atoms with Crippen molar-refractivity contribution >= 4 is 27.3 Å². The van der Waals surface area contributed by atoms with Crippen LogP contribution in [0.15, 0.2) is 48.5 Å². The average molecular weight is 378 g/mol. The maximum absolute atomic E-state index is 13.1. The number of carbonyl (C=O) groups excluding carboxylic acids is 1. The Morgan fingerprint density at radius 1 is 1.12 bits per heavy atom. The Morgan fingerprint density at radius 3 is 2.38 bits per heavy atom. The summed E-state index contributed by atoms with van der Waals surface area (Å²) in [6, 6.07) is 12.8. The Hall–Kier alpha value is -2.41. The van der Waals surface area contributed by atoms with E-state index in [0.29, 0.717) is 12.1 Å². The lowest BCUT2D eigenvalue weighted by molar-refractivity contribution is -0.116. The SMILES string of the molecule is CCc1ccccc1NC(=O)CCCN(c1ccc(F)cc1)S(C)(=O)=O. The second kappa shape index (κ2) is 8.80. The van der Waals surface area contributed by atoms with Gasteiger partial charge in [-0.25, -0.2) is 12.8 Å². The standard InChI is InChI=1S/C19H23FN2O3S/c1-3-15-7-4-5-8-18(15)21-19(23)9-6-14-22(26(2,24)25)17-12-10-16(20)11-13-17/h4-5,7-8,10-13H,3,6,9,14H2,1-2H3,(H,21,23). The summed E-state index contributed by atoms with van der Waals surface area (Å²) in [6.07, 6.45) is 2.44. The van der Waals surface area contributed by atoms with Gasteiger partial charge in [0, 0.05) is 18.7 Å². The van der Waals surface area contributed by atoms with E-state index in [0.717, 1.165) is 23.9 Å². The van der Waals surface area contributed by atoms with E-state index in [2.05, 4.69) is 5.32 Å². The van der Waals surface area contributed by atoms with Crippen molar-refractivity contribution in [2.24, 2.45) is 0 Å². The number of anilines is 2. The molecule has 0 fully saturated rings. The molecule has 2 aromatic carbocycles. The number of halogens is 1. The molecule has 0 bridgehead atoms. The first-order chi connectivity index (χ1) is 12.3. The molecule has 0 aromatic heterocycles. The van der Waals surface area contributed by atoms with Gasteiger partial charge in [-0.2, -0.15) is 0 Å². The first-order valence-electron chi connectivity index (χ1n) is 8.42. The van der Waals surface area contributed by atoms with Crippen LogP contribution in [0.2, 0.25) is 0 Å². The van der Waals surface area contributed by atoms with Crippen LogP contribution >= 0.6 is 0 Å². The zero-order valence-electron chi connectivity index (χ0n) is 14.9. The van der Waals surface area contributed by atoms with Crippen LogP contribution in [0.5, 0.6) is 0 Å². The highest BCUT2D eigenvalue weighted by Crippen LogP contribution is 2.19. The van der Waals surface area contributed by atoms with Gasteiger partial charge in [0.2, 0.25) is 15.9 Å². The third-order valence-corrected chi connectivity index (χ3v) is 5.15. The molecule has 2 aromatic rings. The Labute approximate surface area is 153 Å². The van der Waals surface area contributed by atoms with Gasteiger partial charge < -0.3 is 5.32 Å². The van der Waals surface area contributed by atoms with Gasteiger partial charge in [-0.3, -0.25) is 9.10 Å². The summed E-state index contributed by atoms with van der Waals surface area (Å²) in [4.78, 5) is 12.2. The van der Waals surface area contributed by atoms with Crippen molar-refractivity contribution in [3.8, 4) is 0 Å². The molecular weight excluding hydrogens is 355 g/mol. The molecule has 26 heavy (non-hydrogen) atoms. The third kappa shape index (κ3) is 5.56. The first-order valence-corrected chi connectivity index (χ1v) is 10.3. The van der Waals surface area contributed by atoms with E-state index in [1.54, 1.807) is 0 Å². The topological polar surface area (TPSA) is 66.5 Å². The van der Waals surface area contributed by atoms with Crippen LogP contribution < -0.4 is 9.62 Å². The van der Waals surface area contributed by atoms with E-state index in [9.17, 15) is 17.6 Å². The van der Waals surface area contributed by atoms with Gasteiger partial charge in [0.15, 0.2) is 0 Å². The van der Waals surface area contributed by atoms with E-state index in [1.165, 1.54) is 28.6 Å². The molecule has 140 valence electrons. The number of nitrogens with one attached hydrogen (secondary N) is 1. The van der Waals surface area contributed by atoms with Gasteiger partial charge >= 0.3 is 0 Å². The van der Waals surface area contributed by atoms with Crippen molar-refractivity contribution in [1.29, 1.82) is 0 Å². The van der Waals surface area contributed by atoms with Crippen molar-refractivity contribution in [2.45, 2.75) is 26.2 Å². The zero-order chi connectivity index (χ0) is 19.2. The number of carbonyl (C=O) groups is 1.